The predicted molar refractivity (Wildman–Crippen MR) is 110 cm³/mol. The first-order valence-corrected chi connectivity index (χ1v) is 9.97. The fourth-order valence-corrected chi connectivity index (χ4v) is 3.37. The van der Waals surface area contributed by atoms with Gasteiger partial charge < -0.3 is 14.4 Å². The summed E-state index contributed by atoms with van der Waals surface area (Å²) in [7, 11) is -0.616. The molecule has 1 N–H and O–H groups in total. The highest BCUT2D eigenvalue weighted by atomic mass is 35.5. The van der Waals surface area contributed by atoms with E-state index < -0.39 is 24.3 Å². The monoisotopic (exact) mass is 410 g/mol. The molecule has 1 saturated heterocycles. The van der Waals surface area contributed by atoms with E-state index in [1.807, 2.05) is 33.8 Å². The molecule has 1 fully saturated rings. The molecule has 0 atom stereocenters. The molecule has 0 amide bonds. The lowest BCUT2D eigenvalue weighted by atomic mass is 9.78. The van der Waals surface area contributed by atoms with E-state index in [0.717, 1.165) is 22.8 Å². The minimum atomic E-state index is -0.942. The zero-order valence-electron chi connectivity index (χ0n) is 16.2. The second-order valence-electron chi connectivity index (χ2n) is 7.50. The van der Waals surface area contributed by atoms with E-state index in [1.165, 1.54) is 6.92 Å². The Labute approximate surface area is 169 Å². The van der Waals surface area contributed by atoms with Crippen molar-refractivity contribution in [3.8, 4) is 0 Å². The molecule has 1 aromatic carbocycles. The molecule has 27 heavy (non-hydrogen) atoms. The van der Waals surface area contributed by atoms with Gasteiger partial charge in [0.1, 0.15) is 0 Å². The van der Waals surface area contributed by atoms with Crippen LogP contribution in [0.15, 0.2) is 23.7 Å². The van der Waals surface area contributed by atoms with E-state index >= 15 is 0 Å². The molecule has 0 spiro atoms. The number of hydrogen-bond acceptors (Lipinski definition) is 5. The topological polar surface area (TPSA) is 72.8 Å². The standard InChI is InChI=1S/C19H24BClO5S/c1-12(22)27-11-15(20-25-18(2,3)19(4,5)26-20)8-13-6-7-16(21)9-14(13)10-17(23)24/h6-9H,10-11H2,1-5H3,(H,23,24). The summed E-state index contributed by atoms with van der Waals surface area (Å²) >= 11 is 7.19. The van der Waals surface area contributed by atoms with Gasteiger partial charge in [-0.25, -0.2) is 0 Å². The van der Waals surface area contributed by atoms with E-state index in [2.05, 4.69) is 0 Å². The van der Waals surface area contributed by atoms with Crippen LogP contribution in [0.4, 0.5) is 0 Å². The molecule has 0 bridgehead atoms. The molecule has 0 saturated carbocycles. The van der Waals surface area contributed by atoms with Crippen LogP contribution in [0.1, 0.15) is 45.7 Å². The SMILES string of the molecule is CC(=O)SCC(=Cc1ccc(Cl)cc1CC(=O)O)B1OC(C)(C)C(C)(C)O1. The molecule has 5 nitrogen and oxygen atoms in total. The fraction of sp³-hybridized carbons (Fsp3) is 0.474. The van der Waals surface area contributed by atoms with Crippen molar-refractivity contribution in [2.24, 2.45) is 0 Å². The van der Waals surface area contributed by atoms with Crippen molar-refractivity contribution in [2.45, 2.75) is 52.2 Å². The van der Waals surface area contributed by atoms with Crippen LogP contribution in [0, 0.1) is 0 Å². The van der Waals surface area contributed by atoms with Crippen molar-refractivity contribution in [2.75, 3.05) is 5.75 Å². The fourth-order valence-electron chi connectivity index (χ4n) is 2.59. The third-order valence-corrected chi connectivity index (χ3v) is 5.90. The Hall–Kier alpha value is -1.28. The van der Waals surface area contributed by atoms with Crippen LogP contribution in [0.3, 0.4) is 0 Å². The van der Waals surface area contributed by atoms with Gasteiger partial charge in [0.25, 0.3) is 0 Å². The maximum atomic E-state index is 11.5. The molecular formula is C19H24BClO5S. The Morgan fingerprint density at radius 2 is 1.81 bits per heavy atom. The van der Waals surface area contributed by atoms with Crippen LogP contribution in [0.5, 0.6) is 0 Å². The first-order valence-electron chi connectivity index (χ1n) is 8.61. The van der Waals surface area contributed by atoms with Gasteiger partial charge >= 0.3 is 13.1 Å². The lowest BCUT2D eigenvalue weighted by Crippen LogP contribution is -2.41. The molecule has 8 heteroatoms. The molecule has 0 unspecified atom stereocenters. The Bertz CT molecular complexity index is 759. The normalized spacial score (nSPS) is 18.6. The van der Waals surface area contributed by atoms with Gasteiger partial charge in [-0.05, 0) is 56.4 Å². The van der Waals surface area contributed by atoms with Crippen LogP contribution in [0.2, 0.25) is 5.02 Å². The Balaban J connectivity index is 2.43. The number of rotatable bonds is 6. The van der Waals surface area contributed by atoms with Crippen molar-refractivity contribution in [1.29, 1.82) is 0 Å². The maximum Gasteiger partial charge on any atom is 0.491 e. The van der Waals surface area contributed by atoms with Crippen LogP contribution < -0.4 is 0 Å². The van der Waals surface area contributed by atoms with Gasteiger partial charge in [-0.2, -0.15) is 0 Å². The number of carbonyl (C=O) groups is 2. The number of thioether (sulfide) groups is 1. The van der Waals surface area contributed by atoms with E-state index in [-0.39, 0.29) is 11.5 Å². The van der Waals surface area contributed by atoms with E-state index in [0.29, 0.717) is 16.3 Å². The van der Waals surface area contributed by atoms with Gasteiger partial charge in [0.2, 0.25) is 0 Å². The summed E-state index contributed by atoms with van der Waals surface area (Å²) in [5.41, 5.74) is 1.05. The molecule has 146 valence electrons. The van der Waals surface area contributed by atoms with Crippen molar-refractivity contribution in [3.63, 3.8) is 0 Å². The summed E-state index contributed by atoms with van der Waals surface area (Å²) in [5, 5.41) is 9.64. The highest BCUT2D eigenvalue weighted by molar-refractivity contribution is 8.13. The lowest BCUT2D eigenvalue weighted by Gasteiger charge is -2.32. The number of aliphatic carboxylic acids is 1. The van der Waals surface area contributed by atoms with Gasteiger partial charge in [0.05, 0.1) is 17.6 Å². The quantitative estimate of drug-likeness (QED) is 0.706. The zero-order valence-corrected chi connectivity index (χ0v) is 17.7. The predicted octanol–water partition coefficient (Wildman–Crippen LogP) is 4.26. The van der Waals surface area contributed by atoms with E-state index in [4.69, 9.17) is 20.9 Å². The summed E-state index contributed by atoms with van der Waals surface area (Å²) in [6, 6.07) is 5.12. The summed E-state index contributed by atoms with van der Waals surface area (Å²) in [4.78, 5) is 22.7. The molecule has 0 aliphatic carbocycles. The molecular weight excluding hydrogens is 387 g/mol. The molecule has 1 aliphatic rings. The molecule has 1 aliphatic heterocycles. The van der Waals surface area contributed by atoms with Gasteiger partial charge in [-0.3, -0.25) is 9.59 Å². The highest BCUT2D eigenvalue weighted by Crippen LogP contribution is 2.39. The summed E-state index contributed by atoms with van der Waals surface area (Å²) in [5.74, 6) is -0.552. The minimum Gasteiger partial charge on any atom is -0.481 e. The molecule has 0 radical (unpaired) electrons. The molecule has 1 aromatic rings. The summed E-state index contributed by atoms with van der Waals surface area (Å²) in [6.07, 6.45) is 1.69. The van der Waals surface area contributed by atoms with Crippen LogP contribution in [-0.2, 0) is 25.3 Å². The second-order valence-corrected chi connectivity index (χ2v) is 9.09. The third-order valence-electron chi connectivity index (χ3n) is 4.79. The first-order chi connectivity index (χ1) is 12.4. The molecule has 1 heterocycles. The largest absolute Gasteiger partial charge is 0.491 e. The third kappa shape index (κ3) is 5.61. The average Bonchev–Trinajstić information content (AvgIpc) is 2.72. The number of carbonyl (C=O) groups excluding carboxylic acids is 1. The first kappa shape index (κ1) is 22.0. The van der Waals surface area contributed by atoms with E-state index in [1.54, 1.807) is 18.2 Å². The van der Waals surface area contributed by atoms with Crippen molar-refractivity contribution >= 4 is 47.6 Å². The maximum absolute atomic E-state index is 11.5. The smallest absolute Gasteiger partial charge is 0.481 e. The van der Waals surface area contributed by atoms with Gasteiger partial charge in [0, 0.05) is 17.7 Å². The molecule has 0 aromatic heterocycles. The minimum absolute atomic E-state index is 0.0146. The summed E-state index contributed by atoms with van der Waals surface area (Å²) in [6.45, 7) is 9.34. The number of carboxylic acid groups (broad SMARTS) is 1. The van der Waals surface area contributed by atoms with Gasteiger partial charge in [0.15, 0.2) is 5.12 Å². The molecule has 2 rings (SSSR count). The van der Waals surface area contributed by atoms with Gasteiger partial charge in [-0.15, -0.1) is 0 Å². The summed E-state index contributed by atoms with van der Waals surface area (Å²) < 4.78 is 12.2. The van der Waals surface area contributed by atoms with Crippen molar-refractivity contribution < 1.29 is 24.0 Å². The van der Waals surface area contributed by atoms with Gasteiger partial charge in [-0.1, -0.05) is 35.5 Å². The zero-order chi connectivity index (χ0) is 20.4. The van der Waals surface area contributed by atoms with Crippen LogP contribution >= 0.6 is 23.4 Å². The number of benzene rings is 1. The lowest BCUT2D eigenvalue weighted by molar-refractivity contribution is -0.136. The number of hydrogen-bond donors (Lipinski definition) is 1. The second kappa shape index (κ2) is 8.39. The van der Waals surface area contributed by atoms with E-state index in [9.17, 15) is 14.7 Å². The highest BCUT2D eigenvalue weighted by Gasteiger charge is 2.52. The van der Waals surface area contributed by atoms with Crippen molar-refractivity contribution in [1.82, 2.24) is 0 Å². The van der Waals surface area contributed by atoms with Crippen LogP contribution in [0.25, 0.3) is 6.08 Å². The van der Waals surface area contributed by atoms with Crippen molar-refractivity contribution in [3.05, 3.63) is 39.8 Å². The number of halogens is 1. The van der Waals surface area contributed by atoms with Crippen LogP contribution in [-0.4, -0.2) is 40.3 Å². The Morgan fingerprint density at radius 3 is 2.33 bits per heavy atom. The number of carboxylic acids is 1. The average molecular weight is 411 g/mol. The Morgan fingerprint density at radius 1 is 1.22 bits per heavy atom. The Kier molecular flexibility index (Phi) is 6.84.